The fourth-order valence-electron chi connectivity index (χ4n) is 2.37. The average Bonchev–Trinajstić information content (AvgIpc) is 2.37. The van der Waals surface area contributed by atoms with E-state index in [0.717, 1.165) is 37.5 Å². The molecule has 0 aliphatic carbocycles. The Bertz CT molecular complexity index is 413. The van der Waals surface area contributed by atoms with Crippen LogP contribution >= 0.6 is 0 Å². The predicted molar refractivity (Wildman–Crippen MR) is 75.9 cm³/mol. The minimum Gasteiger partial charge on any atom is -0.375 e. The zero-order chi connectivity index (χ0) is 13.9. The molecule has 0 radical (unpaired) electrons. The van der Waals surface area contributed by atoms with Crippen LogP contribution in [0.25, 0.3) is 0 Å². The van der Waals surface area contributed by atoms with E-state index in [9.17, 15) is 0 Å². The van der Waals surface area contributed by atoms with Crippen LogP contribution in [-0.4, -0.2) is 28.2 Å². The minimum atomic E-state index is -0.0779. The third kappa shape index (κ3) is 3.78. The molecule has 2 heterocycles. The third-order valence-corrected chi connectivity index (χ3v) is 3.29. The Morgan fingerprint density at radius 1 is 1.42 bits per heavy atom. The molecule has 1 aromatic rings. The van der Waals surface area contributed by atoms with Gasteiger partial charge in [-0.25, -0.2) is 15.8 Å². The monoisotopic (exact) mass is 265 g/mol. The summed E-state index contributed by atoms with van der Waals surface area (Å²) in [4.78, 5) is 8.76. The van der Waals surface area contributed by atoms with E-state index in [-0.39, 0.29) is 5.60 Å². The van der Waals surface area contributed by atoms with Gasteiger partial charge in [0.2, 0.25) is 0 Å². The van der Waals surface area contributed by atoms with E-state index in [4.69, 9.17) is 10.6 Å². The molecule has 1 aliphatic heterocycles. The second kappa shape index (κ2) is 5.71. The maximum absolute atomic E-state index is 5.72. The fourth-order valence-corrected chi connectivity index (χ4v) is 2.37. The highest BCUT2D eigenvalue weighted by Crippen LogP contribution is 2.26. The molecule has 1 aromatic heterocycles. The van der Waals surface area contributed by atoms with Crippen molar-refractivity contribution in [1.82, 2.24) is 9.97 Å². The van der Waals surface area contributed by atoms with Crippen molar-refractivity contribution in [2.45, 2.75) is 51.7 Å². The number of nitrogens with one attached hydrogen (secondary N) is 2. The summed E-state index contributed by atoms with van der Waals surface area (Å²) >= 11 is 0. The number of hydrazine groups is 1. The summed E-state index contributed by atoms with van der Waals surface area (Å²) in [5, 5.41) is 3.46. The highest BCUT2D eigenvalue weighted by molar-refractivity contribution is 5.47. The normalized spacial score (nSPS) is 22.0. The average molecular weight is 265 g/mol. The van der Waals surface area contributed by atoms with Gasteiger partial charge in [0.25, 0.3) is 0 Å². The predicted octanol–water partition coefficient (Wildman–Crippen LogP) is 1.69. The number of nitrogens with two attached hydrogens (primary N) is 1. The molecule has 6 heteroatoms. The SMILES string of the molecule is CCc1nc(NN)cc(NC2CCOC(C)(C)C2)n1. The first-order valence-corrected chi connectivity index (χ1v) is 6.77. The van der Waals surface area contributed by atoms with Crippen molar-refractivity contribution in [1.29, 1.82) is 0 Å². The van der Waals surface area contributed by atoms with Crippen LogP contribution in [0.4, 0.5) is 11.6 Å². The minimum absolute atomic E-state index is 0.0779. The molecule has 1 atom stereocenters. The van der Waals surface area contributed by atoms with Crippen LogP contribution in [0, 0.1) is 0 Å². The number of rotatable bonds is 4. The van der Waals surface area contributed by atoms with Gasteiger partial charge in [0.15, 0.2) is 0 Å². The lowest BCUT2D eigenvalue weighted by Gasteiger charge is -2.36. The van der Waals surface area contributed by atoms with Gasteiger partial charge in [0.05, 0.1) is 5.60 Å². The summed E-state index contributed by atoms with van der Waals surface area (Å²) in [7, 11) is 0. The molecule has 2 rings (SSSR count). The maximum Gasteiger partial charge on any atom is 0.145 e. The van der Waals surface area contributed by atoms with Gasteiger partial charge in [-0.1, -0.05) is 6.92 Å². The summed E-state index contributed by atoms with van der Waals surface area (Å²) < 4.78 is 5.72. The Labute approximate surface area is 114 Å². The maximum atomic E-state index is 5.72. The Morgan fingerprint density at radius 2 is 2.16 bits per heavy atom. The first-order chi connectivity index (χ1) is 9.02. The van der Waals surface area contributed by atoms with E-state index in [1.54, 1.807) is 0 Å². The van der Waals surface area contributed by atoms with Crippen molar-refractivity contribution in [2.75, 3.05) is 17.3 Å². The van der Waals surface area contributed by atoms with Crippen LogP contribution < -0.4 is 16.6 Å². The van der Waals surface area contributed by atoms with Crippen molar-refractivity contribution in [3.05, 3.63) is 11.9 Å². The van der Waals surface area contributed by atoms with Crippen LogP contribution in [0.5, 0.6) is 0 Å². The number of hydrogen-bond acceptors (Lipinski definition) is 6. The van der Waals surface area contributed by atoms with E-state index in [1.807, 2.05) is 13.0 Å². The highest BCUT2D eigenvalue weighted by Gasteiger charge is 2.28. The number of aryl methyl sites for hydroxylation is 1. The smallest absolute Gasteiger partial charge is 0.145 e. The molecule has 1 fully saturated rings. The van der Waals surface area contributed by atoms with Crippen LogP contribution in [-0.2, 0) is 11.2 Å². The van der Waals surface area contributed by atoms with E-state index < -0.39 is 0 Å². The molecule has 1 aliphatic rings. The fraction of sp³-hybridized carbons (Fsp3) is 0.692. The number of anilines is 2. The molecule has 0 amide bonds. The second-order valence-electron chi connectivity index (χ2n) is 5.49. The summed E-state index contributed by atoms with van der Waals surface area (Å²) in [5.74, 6) is 7.67. The van der Waals surface area contributed by atoms with Gasteiger partial charge in [-0.3, -0.25) is 0 Å². The highest BCUT2D eigenvalue weighted by atomic mass is 16.5. The zero-order valence-electron chi connectivity index (χ0n) is 11.9. The Morgan fingerprint density at radius 3 is 2.79 bits per heavy atom. The molecule has 0 bridgehead atoms. The van der Waals surface area contributed by atoms with Gasteiger partial charge in [-0.15, -0.1) is 0 Å². The number of nitrogen functional groups attached to an aromatic ring is 1. The van der Waals surface area contributed by atoms with Crippen molar-refractivity contribution in [2.24, 2.45) is 5.84 Å². The third-order valence-electron chi connectivity index (χ3n) is 3.29. The lowest BCUT2D eigenvalue weighted by molar-refractivity contribution is -0.0553. The number of aromatic nitrogens is 2. The second-order valence-corrected chi connectivity index (χ2v) is 5.49. The van der Waals surface area contributed by atoms with Crippen LogP contribution in [0.2, 0.25) is 0 Å². The van der Waals surface area contributed by atoms with Crippen molar-refractivity contribution in [3.8, 4) is 0 Å². The van der Waals surface area contributed by atoms with Gasteiger partial charge >= 0.3 is 0 Å². The molecule has 106 valence electrons. The van der Waals surface area contributed by atoms with E-state index >= 15 is 0 Å². The van der Waals surface area contributed by atoms with Crippen molar-refractivity contribution < 1.29 is 4.74 Å². The number of ether oxygens (including phenoxy) is 1. The van der Waals surface area contributed by atoms with E-state index in [1.165, 1.54) is 0 Å². The summed E-state index contributed by atoms with van der Waals surface area (Å²) in [5.41, 5.74) is 2.50. The molecule has 1 saturated heterocycles. The molecular weight excluding hydrogens is 242 g/mol. The van der Waals surface area contributed by atoms with Gasteiger partial charge in [0, 0.05) is 25.1 Å². The summed E-state index contributed by atoms with van der Waals surface area (Å²) in [6, 6.07) is 2.20. The Hall–Kier alpha value is -1.40. The lowest BCUT2D eigenvalue weighted by atomic mass is 9.94. The van der Waals surface area contributed by atoms with Gasteiger partial charge in [0.1, 0.15) is 17.5 Å². The Kier molecular flexibility index (Phi) is 4.21. The van der Waals surface area contributed by atoms with Gasteiger partial charge in [-0.2, -0.15) is 0 Å². The summed E-state index contributed by atoms with van der Waals surface area (Å²) in [6.07, 6.45) is 2.73. The first kappa shape index (κ1) is 14.0. The van der Waals surface area contributed by atoms with E-state index in [0.29, 0.717) is 11.9 Å². The van der Waals surface area contributed by atoms with Crippen LogP contribution in [0.3, 0.4) is 0 Å². The van der Waals surface area contributed by atoms with Gasteiger partial charge < -0.3 is 15.5 Å². The molecule has 6 nitrogen and oxygen atoms in total. The van der Waals surface area contributed by atoms with E-state index in [2.05, 4.69) is 34.6 Å². The first-order valence-electron chi connectivity index (χ1n) is 6.77. The standard InChI is InChI=1S/C13H23N5O/c1-4-10-16-11(7-12(17-10)18-14)15-9-5-6-19-13(2,3)8-9/h7,9H,4-6,8,14H2,1-3H3,(H2,15,16,17,18). The summed E-state index contributed by atoms with van der Waals surface area (Å²) in [6.45, 7) is 7.03. The number of nitrogens with zero attached hydrogens (tertiary/aromatic N) is 2. The molecule has 0 aromatic carbocycles. The molecular formula is C13H23N5O. The molecule has 4 N–H and O–H groups in total. The molecule has 1 unspecified atom stereocenters. The largest absolute Gasteiger partial charge is 0.375 e. The van der Waals surface area contributed by atoms with Crippen LogP contribution in [0.15, 0.2) is 6.07 Å². The quantitative estimate of drug-likeness (QED) is 0.567. The van der Waals surface area contributed by atoms with Crippen molar-refractivity contribution >= 4 is 11.6 Å². The van der Waals surface area contributed by atoms with Gasteiger partial charge in [-0.05, 0) is 26.7 Å². The molecule has 19 heavy (non-hydrogen) atoms. The number of hydrogen-bond donors (Lipinski definition) is 3. The Balaban J connectivity index is 2.09. The lowest BCUT2D eigenvalue weighted by Crippen LogP contribution is -2.40. The molecule has 0 spiro atoms. The topological polar surface area (TPSA) is 85.1 Å². The van der Waals surface area contributed by atoms with Crippen LogP contribution in [0.1, 0.15) is 39.4 Å². The zero-order valence-corrected chi connectivity index (χ0v) is 11.9. The molecule has 0 saturated carbocycles. The van der Waals surface area contributed by atoms with Crippen molar-refractivity contribution in [3.63, 3.8) is 0 Å².